The molecule has 0 fully saturated rings. The molecule has 0 aliphatic heterocycles. The Balaban J connectivity index is 2.22. The number of nitrogens with one attached hydrogen (secondary N) is 1. The summed E-state index contributed by atoms with van der Waals surface area (Å²) >= 11 is 0. The van der Waals surface area contributed by atoms with E-state index < -0.39 is 29.8 Å². The van der Waals surface area contributed by atoms with E-state index in [2.05, 4.69) is 14.7 Å². The Hall–Kier alpha value is -3.09. The number of H-pyrrole nitrogens is 1. The molecule has 7 nitrogen and oxygen atoms in total. The third-order valence-corrected chi connectivity index (χ3v) is 2.45. The predicted molar refractivity (Wildman–Crippen MR) is 75.0 cm³/mol. The molecule has 0 aliphatic rings. The number of benzene rings is 1. The minimum Gasteiger partial charge on any atom is -0.490 e. The maximum Gasteiger partial charge on any atom is 0.341 e. The van der Waals surface area contributed by atoms with Gasteiger partial charge in [0.1, 0.15) is 5.82 Å². The zero-order chi connectivity index (χ0) is 15.2. The Morgan fingerprint density at radius 3 is 2.62 bits per heavy atom. The number of hydrogen-bond donors (Lipinski definition) is 3. The lowest BCUT2D eigenvalue weighted by molar-refractivity contribution is -0.139. The molecule has 1 aromatic heterocycles. The summed E-state index contributed by atoms with van der Waals surface area (Å²) in [4.78, 5) is 28.1. The first-order valence-electron chi connectivity index (χ1n) is 5.97. The fourth-order valence-corrected chi connectivity index (χ4v) is 1.55. The molecule has 0 saturated carbocycles. The highest BCUT2D eigenvalue weighted by Gasteiger charge is 2.12. The van der Waals surface area contributed by atoms with Gasteiger partial charge in [-0.15, -0.1) is 0 Å². The molecule has 2 aromatic rings. The first kappa shape index (κ1) is 14.3. The zero-order valence-electron chi connectivity index (χ0n) is 10.8. The number of aromatic amines is 1. The van der Waals surface area contributed by atoms with Gasteiger partial charge < -0.3 is 19.9 Å². The number of aliphatic carboxylic acids is 1. The minimum atomic E-state index is -1.26. The molecular weight excluding hydrogens is 276 g/mol. The van der Waals surface area contributed by atoms with E-state index in [9.17, 15) is 14.7 Å². The van der Waals surface area contributed by atoms with Gasteiger partial charge in [0, 0.05) is 0 Å². The molecule has 1 aromatic carbocycles. The van der Waals surface area contributed by atoms with E-state index in [0.717, 1.165) is 5.56 Å². The summed E-state index contributed by atoms with van der Waals surface area (Å²) in [6, 6.07) is 9.31. The van der Waals surface area contributed by atoms with Gasteiger partial charge in [0.2, 0.25) is 5.75 Å². The van der Waals surface area contributed by atoms with Gasteiger partial charge in [-0.2, -0.15) is 4.98 Å². The Bertz CT molecular complexity index is 722. The van der Waals surface area contributed by atoms with Crippen LogP contribution in [0.3, 0.4) is 0 Å². The van der Waals surface area contributed by atoms with Crippen molar-refractivity contribution in [3.8, 4) is 11.6 Å². The van der Waals surface area contributed by atoms with Crippen molar-refractivity contribution < 1.29 is 19.7 Å². The molecule has 0 unspecified atom stereocenters. The van der Waals surface area contributed by atoms with Crippen molar-refractivity contribution in [3.63, 3.8) is 0 Å². The van der Waals surface area contributed by atoms with Crippen molar-refractivity contribution in [2.75, 3.05) is 6.61 Å². The fraction of sp³-hybridized carbons (Fsp3) is 0.0714. The highest BCUT2D eigenvalue weighted by Crippen LogP contribution is 2.17. The Labute approximate surface area is 119 Å². The number of aromatic nitrogens is 2. The summed E-state index contributed by atoms with van der Waals surface area (Å²) in [6.45, 7) is -0.739. The monoisotopic (exact) mass is 288 g/mol. The van der Waals surface area contributed by atoms with Crippen molar-refractivity contribution in [2.24, 2.45) is 0 Å². The van der Waals surface area contributed by atoms with Crippen LogP contribution in [0.25, 0.3) is 12.2 Å². The summed E-state index contributed by atoms with van der Waals surface area (Å²) in [5, 5.41) is 18.1. The zero-order valence-corrected chi connectivity index (χ0v) is 10.8. The highest BCUT2D eigenvalue weighted by atomic mass is 16.5. The van der Waals surface area contributed by atoms with Gasteiger partial charge in [0.25, 0.3) is 11.4 Å². The molecule has 108 valence electrons. The lowest BCUT2D eigenvalue weighted by Crippen LogP contribution is -2.18. The molecule has 7 heteroatoms. The van der Waals surface area contributed by atoms with E-state index in [1.807, 2.05) is 30.3 Å². The first-order chi connectivity index (χ1) is 10.1. The first-order valence-corrected chi connectivity index (χ1v) is 5.97. The number of aromatic hydroxyl groups is 1. The van der Waals surface area contributed by atoms with Crippen LogP contribution in [-0.2, 0) is 4.79 Å². The number of carboxylic acids is 1. The van der Waals surface area contributed by atoms with E-state index in [1.54, 1.807) is 6.08 Å². The summed E-state index contributed by atoms with van der Waals surface area (Å²) < 4.78 is 4.67. The van der Waals surface area contributed by atoms with E-state index in [0.29, 0.717) is 0 Å². The molecule has 2 rings (SSSR count). The van der Waals surface area contributed by atoms with Crippen molar-refractivity contribution in [3.05, 3.63) is 52.1 Å². The summed E-state index contributed by atoms with van der Waals surface area (Å²) in [7, 11) is 0. The second kappa shape index (κ2) is 6.38. The lowest BCUT2D eigenvalue weighted by Gasteiger charge is -2.04. The topological polar surface area (TPSA) is 113 Å². The fourth-order valence-electron chi connectivity index (χ4n) is 1.55. The van der Waals surface area contributed by atoms with Crippen LogP contribution < -0.4 is 10.3 Å². The van der Waals surface area contributed by atoms with Crippen molar-refractivity contribution in [1.82, 2.24) is 9.97 Å². The smallest absolute Gasteiger partial charge is 0.341 e. The molecule has 1 heterocycles. The van der Waals surface area contributed by atoms with Crippen LogP contribution >= 0.6 is 0 Å². The van der Waals surface area contributed by atoms with Gasteiger partial charge in [0.15, 0.2) is 6.61 Å². The van der Waals surface area contributed by atoms with Crippen molar-refractivity contribution in [1.29, 1.82) is 0 Å². The highest BCUT2D eigenvalue weighted by molar-refractivity contribution is 5.69. The number of carboxylic acid groups (broad SMARTS) is 1. The molecule has 0 radical (unpaired) electrons. The standard InChI is InChI=1S/C14H12N2O5/c17-11(18)8-21-12-13(19)15-10(16-14(12)20)7-6-9-4-2-1-3-5-9/h1-7H,8H2,(H,17,18)(H2,15,16,19,20)/b7-6+. The van der Waals surface area contributed by atoms with E-state index in [4.69, 9.17) is 5.11 Å². The van der Waals surface area contributed by atoms with E-state index in [1.165, 1.54) is 6.08 Å². The normalized spacial score (nSPS) is 10.7. The molecule has 0 spiro atoms. The van der Waals surface area contributed by atoms with Crippen LogP contribution in [0.2, 0.25) is 0 Å². The molecular formula is C14H12N2O5. The summed E-state index contributed by atoms with van der Waals surface area (Å²) in [5.41, 5.74) is 0.141. The van der Waals surface area contributed by atoms with Gasteiger partial charge in [-0.25, -0.2) is 4.79 Å². The van der Waals surface area contributed by atoms with E-state index >= 15 is 0 Å². The SMILES string of the molecule is O=C(O)COc1c(O)nc(/C=C/c2ccccc2)[nH]c1=O. The van der Waals surface area contributed by atoms with Crippen LogP contribution in [0.1, 0.15) is 11.4 Å². The average molecular weight is 288 g/mol. The molecule has 21 heavy (non-hydrogen) atoms. The van der Waals surface area contributed by atoms with Gasteiger partial charge in [-0.05, 0) is 11.6 Å². The maximum atomic E-state index is 11.7. The largest absolute Gasteiger partial charge is 0.490 e. The van der Waals surface area contributed by atoms with Crippen LogP contribution in [0.4, 0.5) is 0 Å². The van der Waals surface area contributed by atoms with Crippen LogP contribution in [0.15, 0.2) is 35.1 Å². The molecule has 0 aliphatic carbocycles. The third-order valence-electron chi connectivity index (χ3n) is 2.45. The average Bonchev–Trinajstić information content (AvgIpc) is 2.45. The number of rotatable bonds is 5. The maximum absolute atomic E-state index is 11.7. The van der Waals surface area contributed by atoms with Gasteiger partial charge in [0.05, 0.1) is 0 Å². The van der Waals surface area contributed by atoms with Crippen molar-refractivity contribution >= 4 is 18.1 Å². The number of nitrogens with zero attached hydrogens (tertiary/aromatic N) is 1. The molecule has 0 saturated heterocycles. The minimum absolute atomic E-state index is 0.129. The predicted octanol–water partition coefficient (Wildman–Crippen LogP) is 1.11. The van der Waals surface area contributed by atoms with Gasteiger partial charge in [-0.3, -0.25) is 4.79 Å². The van der Waals surface area contributed by atoms with Crippen LogP contribution in [0.5, 0.6) is 11.6 Å². The van der Waals surface area contributed by atoms with E-state index in [-0.39, 0.29) is 5.82 Å². The molecule has 0 amide bonds. The third kappa shape index (κ3) is 3.93. The number of ether oxygens (including phenoxy) is 1. The van der Waals surface area contributed by atoms with Crippen LogP contribution in [0, 0.1) is 0 Å². The molecule has 3 N–H and O–H groups in total. The molecule has 0 bridgehead atoms. The van der Waals surface area contributed by atoms with Gasteiger partial charge in [-0.1, -0.05) is 36.4 Å². The Morgan fingerprint density at radius 2 is 2.00 bits per heavy atom. The quantitative estimate of drug-likeness (QED) is 0.759. The Morgan fingerprint density at radius 1 is 1.29 bits per heavy atom. The lowest BCUT2D eigenvalue weighted by atomic mass is 10.2. The number of carbonyl (C=O) groups is 1. The second-order valence-electron chi connectivity index (χ2n) is 4.03. The summed E-state index contributed by atoms with van der Waals surface area (Å²) in [6.07, 6.45) is 3.22. The van der Waals surface area contributed by atoms with Crippen LogP contribution in [-0.4, -0.2) is 32.8 Å². The number of hydrogen-bond acceptors (Lipinski definition) is 5. The summed E-state index contributed by atoms with van der Waals surface area (Å²) in [5.74, 6) is -2.31. The second-order valence-corrected chi connectivity index (χ2v) is 4.03. The molecule has 0 atom stereocenters. The van der Waals surface area contributed by atoms with Gasteiger partial charge >= 0.3 is 5.97 Å². The Kier molecular flexibility index (Phi) is 4.35. The van der Waals surface area contributed by atoms with Crippen molar-refractivity contribution in [2.45, 2.75) is 0 Å².